The van der Waals surface area contributed by atoms with Crippen molar-refractivity contribution < 1.29 is 17.9 Å². The minimum Gasteiger partial charge on any atom is -0.380 e. The van der Waals surface area contributed by atoms with E-state index in [0.717, 1.165) is 18.4 Å². The molecule has 0 heterocycles. The molecule has 23 heavy (non-hydrogen) atoms. The highest BCUT2D eigenvalue weighted by molar-refractivity contribution is 7.90. The highest BCUT2D eigenvalue weighted by Gasteiger charge is 2.37. The first-order chi connectivity index (χ1) is 10.8. The lowest BCUT2D eigenvalue weighted by atomic mass is 10.2. The number of carbonyl (C=O) groups excluding carboxylic acids is 1. The van der Waals surface area contributed by atoms with Crippen LogP contribution in [0.4, 0.5) is 10.5 Å². The van der Waals surface area contributed by atoms with Gasteiger partial charge in [-0.05, 0) is 25.8 Å². The molecule has 1 aromatic rings. The quantitative estimate of drug-likeness (QED) is 0.826. The highest BCUT2D eigenvalue weighted by atomic mass is 32.2. The summed E-state index contributed by atoms with van der Waals surface area (Å²) in [4.78, 5) is 14.3. The minimum absolute atomic E-state index is 0.0311. The SMILES string of the molecule is COCc1ccccc1NC(=O)N(C1CC1)[C@H](C)CS(C)(=O)=O. The summed E-state index contributed by atoms with van der Waals surface area (Å²) in [6.07, 6.45) is 3.03. The van der Waals surface area contributed by atoms with E-state index in [0.29, 0.717) is 12.3 Å². The van der Waals surface area contributed by atoms with Crippen LogP contribution in [0.15, 0.2) is 24.3 Å². The van der Waals surface area contributed by atoms with E-state index in [-0.39, 0.29) is 23.9 Å². The second kappa shape index (κ2) is 7.31. The molecule has 7 heteroatoms. The first-order valence-electron chi connectivity index (χ1n) is 7.65. The number of ether oxygens (including phenoxy) is 1. The van der Waals surface area contributed by atoms with Crippen LogP contribution in [0.25, 0.3) is 0 Å². The normalized spacial score (nSPS) is 16.0. The van der Waals surface area contributed by atoms with E-state index in [1.54, 1.807) is 18.9 Å². The van der Waals surface area contributed by atoms with Crippen LogP contribution >= 0.6 is 0 Å². The molecule has 0 spiro atoms. The predicted molar refractivity (Wildman–Crippen MR) is 90.2 cm³/mol. The Kier molecular flexibility index (Phi) is 5.64. The molecule has 2 rings (SSSR count). The van der Waals surface area contributed by atoms with Gasteiger partial charge in [0.15, 0.2) is 0 Å². The summed E-state index contributed by atoms with van der Waals surface area (Å²) in [5, 5.41) is 2.90. The fourth-order valence-electron chi connectivity index (χ4n) is 2.70. The van der Waals surface area contributed by atoms with Gasteiger partial charge in [0.1, 0.15) is 9.84 Å². The molecule has 1 fully saturated rings. The molecule has 1 aliphatic rings. The van der Waals surface area contributed by atoms with Crippen molar-refractivity contribution in [1.29, 1.82) is 0 Å². The number of nitrogens with one attached hydrogen (secondary N) is 1. The van der Waals surface area contributed by atoms with Crippen LogP contribution < -0.4 is 5.32 Å². The van der Waals surface area contributed by atoms with Crippen molar-refractivity contribution in [2.75, 3.05) is 24.4 Å². The van der Waals surface area contributed by atoms with E-state index in [4.69, 9.17) is 4.74 Å². The Balaban J connectivity index is 2.13. The number of anilines is 1. The maximum Gasteiger partial charge on any atom is 0.322 e. The van der Waals surface area contributed by atoms with Gasteiger partial charge in [-0.3, -0.25) is 0 Å². The lowest BCUT2D eigenvalue weighted by Gasteiger charge is -2.29. The Morgan fingerprint density at radius 1 is 1.39 bits per heavy atom. The van der Waals surface area contributed by atoms with Gasteiger partial charge >= 0.3 is 6.03 Å². The van der Waals surface area contributed by atoms with E-state index in [2.05, 4.69) is 5.32 Å². The van der Waals surface area contributed by atoms with E-state index >= 15 is 0 Å². The van der Waals surface area contributed by atoms with Gasteiger partial charge in [-0.15, -0.1) is 0 Å². The average Bonchev–Trinajstić information content (AvgIpc) is 3.24. The summed E-state index contributed by atoms with van der Waals surface area (Å²) in [7, 11) is -1.54. The fraction of sp³-hybridized carbons (Fsp3) is 0.562. The molecule has 0 aliphatic heterocycles. The van der Waals surface area contributed by atoms with Crippen LogP contribution in [0.2, 0.25) is 0 Å². The smallest absolute Gasteiger partial charge is 0.322 e. The Hall–Kier alpha value is -1.60. The van der Waals surface area contributed by atoms with Crippen LogP contribution in [0.5, 0.6) is 0 Å². The van der Waals surface area contributed by atoms with E-state index in [1.807, 2.05) is 24.3 Å². The molecule has 2 amide bonds. The molecule has 0 radical (unpaired) electrons. The van der Waals surface area contributed by atoms with Crippen molar-refractivity contribution in [3.8, 4) is 0 Å². The van der Waals surface area contributed by atoms with Crippen molar-refractivity contribution in [2.24, 2.45) is 0 Å². The molecule has 1 N–H and O–H groups in total. The Morgan fingerprint density at radius 3 is 2.61 bits per heavy atom. The molecule has 1 saturated carbocycles. The van der Waals surface area contributed by atoms with E-state index in [1.165, 1.54) is 6.26 Å². The predicted octanol–water partition coefficient (Wildman–Crippen LogP) is 2.26. The largest absolute Gasteiger partial charge is 0.380 e. The van der Waals surface area contributed by atoms with Crippen molar-refractivity contribution in [1.82, 2.24) is 4.90 Å². The third-order valence-electron chi connectivity index (χ3n) is 3.75. The molecule has 128 valence electrons. The summed E-state index contributed by atoms with van der Waals surface area (Å²) in [6.45, 7) is 2.18. The van der Waals surface area contributed by atoms with Gasteiger partial charge in [0, 0.05) is 36.7 Å². The summed E-state index contributed by atoms with van der Waals surface area (Å²) >= 11 is 0. The minimum atomic E-state index is -3.14. The van der Waals surface area contributed by atoms with Crippen LogP contribution in [-0.2, 0) is 21.2 Å². The van der Waals surface area contributed by atoms with Crippen molar-refractivity contribution in [3.63, 3.8) is 0 Å². The molecule has 0 unspecified atom stereocenters. The monoisotopic (exact) mass is 340 g/mol. The van der Waals surface area contributed by atoms with Crippen molar-refractivity contribution in [2.45, 2.75) is 38.5 Å². The van der Waals surface area contributed by atoms with Gasteiger partial charge in [-0.1, -0.05) is 18.2 Å². The maximum absolute atomic E-state index is 12.7. The fourth-order valence-corrected chi connectivity index (χ4v) is 3.74. The average molecular weight is 340 g/mol. The number of amides is 2. The molecule has 6 nitrogen and oxygen atoms in total. The number of rotatable bonds is 7. The van der Waals surface area contributed by atoms with Crippen LogP contribution in [0, 0.1) is 0 Å². The second-order valence-electron chi connectivity index (χ2n) is 6.10. The van der Waals surface area contributed by atoms with Gasteiger partial charge in [0.05, 0.1) is 12.4 Å². The molecule has 0 saturated heterocycles. The standard InChI is InChI=1S/C16H24N2O4S/c1-12(11-23(3,20)21)18(14-8-9-14)16(19)17-15-7-5-4-6-13(15)10-22-2/h4-7,12,14H,8-11H2,1-3H3,(H,17,19)/t12-/m1/s1. The second-order valence-corrected chi connectivity index (χ2v) is 8.29. The lowest BCUT2D eigenvalue weighted by molar-refractivity contribution is 0.184. The van der Waals surface area contributed by atoms with Crippen LogP contribution in [0.1, 0.15) is 25.3 Å². The maximum atomic E-state index is 12.7. The molecule has 1 aromatic carbocycles. The van der Waals surface area contributed by atoms with Crippen LogP contribution in [0.3, 0.4) is 0 Å². The highest BCUT2D eigenvalue weighted by Crippen LogP contribution is 2.30. The number of carbonyl (C=O) groups is 1. The summed E-state index contributed by atoms with van der Waals surface area (Å²) in [5.41, 5.74) is 1.58. The number of nitrogens with zero attached hydrogens (tertiary/aromatic N) is 1. The molecule has 1 atom stereocenters. The van der Waals surface area contributed by atoms with Gasteiger partial charge in [0.25, 0.3) is 0 Å². The number of benzene rings is 1. The Bertz CT molecular complexity index is 656. The summed E-state index contributed by atoms with van der Waals surface area (Å²) < 4.78 is 28.2. The Labute approximate surface area is 137 Å². The number of hydrogen-bond acceptors (Lipinski definition) is 4. The van der Waals surface area contributed by atoms with Gasteiger partial charge in [-0.2, -0.15) is 0 Å². The van der Waals surface area contributed by atoms with Gasteiger partial charge < -0.3 is 15.0 Å². The molecule has 0 aromatic heterocycles. The van der Waals surface area contributed by atoms with Crippen molar-refractivity contribution in [3.05, 3.63) is 29.8 Å². The molecular weight excluding hydrogens is 316 g/mol. The molecule has 1 aliphatic carbocycles. The van der Waals surface area contributed by atoms with Crippen LogP contribution in [-0.4, -0.2) is 50.6 Å². The third-order valence-corrected chi connectivity index (χ3v) is 4.84. The first kappa shape index (κ1) is 17.7. The van der Waals surface area contributed by atoms with Crippen molar-refractivity contribution >= 4 is 21.6 Å². The van der Waals surface area contributed by atoms with E-state index in [9.17, 15) is 13.2 Å². The number of sulfone groups is 1. The number of hydrogen-bond donors (Lipinski definition) is 1. The summed E-state index contributed by atoms with van der Waals surface area (Å²) in [5.74, 6) is -0.0311. The number of methoxy groups -OCH3 is 1. The molecular formula is C16H24N2O4S. The first-order valence-corrected chi connectivity index (χ1v) is 9.71. The Morgan fingerprint density at radius 2 is 2.04 bits per heavy atom. The molecule has 0 bridgehead atoms. The van der Waals surface area contributed by atoms with E-state index < -0.39 is 9.84 Å². The summed E-state index contributed by atoms with van der Waals surface area (Å²) in [6, 6.07) is 6.95. The number of urea groups is 1. The number of para-hydroxylation sites is 1. The zero-order chi connectivity index (χ0) is 17.0. The lowest BCUT2D eigenvalue weighted by Crippen LogP contribution is -2.46. The zero-order valence-corrected chi connectivity index (χ0v) is 14.6. The third kappa shape index (κ3) is 5.21. The zero-order valence-electron chi connectivity index (χ0n) is 13.8. The van der Waals surface area contributed by atoms with Gasteiger partial charge in [-0.25, -0.2) is 13.2 Å². The topological polar surface area (TPSA) is 75.7 Å². The van der Waals surface area contributed by atoms with Gasteiger partial charge in [0.2, 0.25) is 0 Å².